The van der Waals surface area contributed by atoms with Gasteiger partial charge in [-0.3, -0.25) is 4.79 Å². The van der Waals surface area contributed by atoms with Crippen molar-refractivity contribution in [2.45, 2.75) is 44.7 Å². The minimum atomic E-state index is 0.113. The van der Waals surface area contributed by atoms with Crippen LogP contribution in [0.15, 0.2) is 54.7 Å². The van der Waals surface area contributed by atoms with Gasteiger partial charge in [-0.1, -0.05) is 60.1 Å². The molecule has 1 N–H and O–H groups in total. The van der Waals surface area contributed by atoms with Gasteiger partial charge < -0.3 is 5.32 Å². The highest BCUT2D eigenvalue weighted by Gasteiger charge is 2.29. The Bertz CT molecular complexity index is 949. The first-order valence-corrected chi connectivity index (χ1v) is 10.1. The predicted molar refractivity (Wildman–Crippen MR) is 111 cm³/mol. The van der Waals surface area contributed by atoms with Crippen LogP contribution in [0, 0.1) is 0 Å². The Morgan fingerprint density at radius 1 is 1.07 bits per heavy atom. The van der Waals surface area contributed by atoms with E-state index in [2.05, 4.69) is 39.9 Å². The fourth-order valence-corrected chi connectivity index (χ4v) is 3.96. The molecule has 1 aromatic heterocycles. The van der Waals surface area contributed by atoms with Crippen LogP contribution < -0.4 is 5.32 Å². The van der Waals surface area contributed by atoms with E-state index in [0.717, 1.165) is 46.7 Å². The van der Waals surface area contributed by atoms with Gasteiger partial charge >= 0.3 is 0 Å². The molecule has 28 heavy (non-hydrogen) atoms. The minimum Gasteiger partial charge on any atom is -0.353 e. The molecule has 1 aliphatic carbocycles. The molecule has 0 bridgehead atoms. The first kappa shape index (κ1) is 18.7. The van der Waals surface area contributed by atoms with E-state index < -0.39 is 0 Å². The molecular weight excluding hydrogens is 372 g/mol. The predicted octanol–water partition coefficient (Wildman–Crippen LogP) is 4.89. The molecule has 2 atom stereocenters. The monoisotopic (exact) mass is 394 g/mol. The number of hydrogen-bond donors (Lipinski definition) is 1. The van der Waals surface area contributed by atoms with Gasteiger partial charge in [0.15, 0.2) is 0 Å². The first-order valence-electron chi connectivity index (χ1n) is 9.70. The molecular formula is C22H23ClN4O. The number of carbonyl (C=O) groups excluding carboxylic acids is 1. The van der Waals surface area contributed by atoms with Crippen molar-refractivity contribution in [2.24, 2.45) is 0 Å². The van der Waals surface area contributed by atoms with Gasteiger partial charge in [-0.05, 0) is 42.5 Å². The van der Waals surface area contributed by atoms with Crippen molar-refractivity contribution in [3.63, 3.8) is 0 Å². The first-order chi connectivity index (χ1) is 13.6. The van der Waals surface area contributed by atoms with Crippen molar-refractivity contribution in [1.29, 1.82) is 0 Å². The second kappa shape index (κ2) is 8.15. The van der Waals surface area contributed by atoms with Crippen molar-refractivity contribution in [3.05, 3.63) is 59.8 Å². The highest BCUT2D eigenvalue weighted by molar-refractivity contribution is 6.30. The number of rotatable bonds is 5. The molecule has 6 heteroatoms. The van der Waals surface area contributed by atoms with E-state index in [-0.39, 0.29) is 18.0 Å². The second-order valence-electron chi connectivity index (χ2n) is 7.23. The Hall–Kier alpha value is -2.66. The maximum Gasteiger partial charge on any atom is 0.219 e. The molecule has 0 saturated heterocycles. The van der Waals surface area contributed by atoms with Crippen LogP contribution in [0.1, 0.15) is 38.6 Å². The van der Waals surface area contributed by atoms with E-state index >= 15 is 0 Å². The lowest BCUT2D eigenvalue weighted by Crippen LogP contribution is -2.32. The van der Waals surface area contributed by atoms with Gasteiger partial charge in [-0.2, -0.15) is 0 Å². The van der Waals surface area contributed by atoms with Crippen LogP contribution in [-0.4, -0.2) is 26.9 Å². The van der Waals surface area contributed by atoms with Gasteiger partial charge in [-0.15, -0.1) is 5.10 Å². The number of halogens is 1. The molecule has 2 aromatic carbocycles. The van der Waals surface area contributed by atoms with Crippen LogP contribution in [0.2, 0.25) is 5.02 Å². The van der Waals surface area contributed by atoms with Crippen LogP contribution in [0.5, 0.6) is 0 Å². The zero-order valence-corrected chi connectivity index (χ0v) is 16.6. The maximum atomic E-state index is 11.7. The Balaban J connectivity index is 1.51. The summed E-state index contributed by atoms with van der Waals surface area (Å²) in [5, 5.41) is 12.3. The maximum absolute atomic E-state index is 11.7. The van der Waals surface area contributed by atoms with Crippen molar-refractivity contribution >= 4 is 17.5 Å². The molecule has 1 saturated carbocycles. The molecule has 0 radical (unpaired) electrons. The van der Waals surface area contributed by atoms with Crippen molar-refractivity contribution in [3.8, 4) is 22.4 Å². The third-order valence-electron chi connectivity index (χ3n) is 5.37. The zero-order chi connectivity index (χ0) is 19.5. The van der Waals surface area contributed by atoms with E-state index in [1.165, 1.54) is 0 Å². The van der Waals surface area contributed by atoms with Crippen molar-refractivity contribution in [1.82, 2.24) is 20.3 Å². The third-order valence-corrected chi connectivity index (χ3v) is 5.62. The number of benzene rings is 2. The Labute approximate surface area is 169 Å². The number of hydrogen-bond acceptors (Lipinski definition) is 3. The molecule has 144 valence electrons. The number of carbonyl (C=O) groups is 1. The minimum absolute atomic E-state index is 0.113. The van der Waals surface area contributed by atoms with E-state index in [1.54, 1.807) is 0 Å². The molecule has 1 amide bonds. The normalized spacial score (nSPS) is 18.9. The zero-order valence-electron chi connectivity index (χ0n) is 15.8. The van der Waals surface area contributed by atoms with Crippen LogP contribution in [0.3, 0.4) is 0 Å². The average Bonchev–Trinajstić information content (AvgIpc) is 3.38. The molecule has 5 nitrogen and oxygen atoms in total. The summed E-state index contributed by atoms with van der Waals surface area (Å²) in [6, 6.07) is 16.7. The number of nitrogens with one attached hydrogen (secondary N) is 1. The van der Waals surface area contributed by atoms with E-state index in [0.29, 0.717) is 6.42 Å². The molecule has 0 unspecified atom stereocenters. The quantitative estimate of drug-likeness (QED) is 0.670. The number of nitrogens with zero attached hydrogens (tertiary/aromatic N) is 3. The van der Waals surface area contributed by atoms with Crippen LogP contribution in [0.25, 0.3) is 22.4 Å². The lowest BCUT2D eigenvalue weighted by atomic mass is 10.0. The van der Waals surface area contributed by atoms with Gasteiger partial charge in [0, 0.05) is 23.0 Å². The topological polar surface area (TPSA) is 59.8 Å². The molecule has 3 aromatic rings. The van der Waals surface area contributed by atoms with Gasteiger partial charge in [0.05, 0.1) is 17.9 Å². The SMILES string of the molecule is CCC(=O)N[C@H]1CC[C@@H](n2nncc2-c2ccc(-c3ccc(Cl)cc3)cc2)C1. The Kier molecular flexibility index (Phi) is 5.44. The molecule has 1 aliphatic rings. The molecule has 1 heterocycles. The summed E-state index contributed by atoms with van der Waals surface area (Å²) in [6.45, 7) is 1.88. The van der Waals surface area contributed by atoms with Crippen molar-refractivity contribution in [2.75, 3.05) is 0 Å². The molecule has 0 spiro atoms. The smallest absolute Gasteiger partial charge is 0.219 e. The van der Waals surface area contributed by atoms with Crippen molar-refractivity contribution < 1.29 is 4.79 Å². The third kappa shape index (κ3) is 3.94. The average molecular weight is 395 g/mol. The summed E-state index contributed by atoms with van der Waals surface area (Å²) in [7, 11) is 0. The van der Waals surface area contributed by atoms with Gasteiger partial charge in [0.25, 0.3) is 0 Å². The summed E-state index contributed by atoms with van der Waals surface area (Å²) >= 11 is 5.98. The Morgan fingerprint density at radius 2 is 1.71 bits per heavy atom. The highest BCUT2D eigenvalue weighted by Crippen LogP contribution is 2.33. The van der Waals surface area contributed by atoms with E-state index in [4.69, 9.17) is 11.6 Å². The Morgan fingerprint density at radius 3 is 2.39 bits per heavy atom. The van der Waals surface area contributed by atoms with Gasteiger partial charge in [0.1, 0.15) is 0 Å². The fourth-order valence-electron chi connectivity index (χ4n) is 3.84. The second-order valence-corrected chi connectivity index (χ2v) is 7.67. The van der Waals surface area contributed by atoms with Crippen LogP contribution in [0.4, 0.5) is 0 Å². The fraction of sp³-hybridized carbons (Fsp3) is 0.318. The lowest BCUT2D eigenvalue weighted by Gasteiger charge is -2.15. The largest absolute Gasteiger partial charge is 0.353 e. The molecule has 4 rings (SSSR count). The number of amides is 1. The molecule has 1 fully saturated rings. The summed E-state index contributed by atoms with van der Waals surface area (Å²) < 4.78 is 2.01. The van der Waals surface area contributed by atoms with Crippen LogP contribution in [-0.2, 0) is 4.79 Å². The molecule has 0 aliphatic heterocycles. The standard InChI is InChI=1S/C22H23ClN4O/c1-2-22(28)25-19-11-12-20(13-19)27-21(14-24-26-27)17-5-3-15(4-6-17)16-7-9-18(23)10-8-16/h3-10,14,19-20H,2,11-13H2,1H3,(H,25,28)/t19-,20+/m0/s1. The lowest BCUT2D eigenvalue weighted by molar-refractivity contribution is -0.121. The van der Waals surface area contributed by atoms with Crippen LogP contribution >= 0.6 is 11.6 Å². The number of aromatic nitrogens is 3. The van der Waals surface area contributed by atoms with Gasteiger partial charge in [-0.25, -0.2) is 4.68 Å². The highest BCUT2D eigenvalue weighted by atomic mass is 35.5. The summed E-state index contributed by atoms with van der Waals surface area (Å²) in [5.74, 6) is 0.113. The summed E-state index contributed by atoms with van der Waals surface area (Å²) in [5.41, 5.74) is 4.37. The van der Waals surface area contributed by atoms with E-state index in [1.807, 2.05) is 42.1 Å². The summed E-state index contributed by atoms with van der Waals surface area (Å²) in [6.07, 6.45) is 5.20. The van der Waals surface area contributed by atoms with E-state index in [9.17, 15) is 4.79 Å². The van der Waals surface area contributed by atoms with Gasteiger partial charge in [0.2, 0.25) is 5.91 Å². The summed E-state index contributed by atoms with van der Waals surface area (Å²) in [4.78, 5) is 11.7.